The molecule has 0 aliphatic heterocycles. The molecule has 1 aliphatic carbocycles. The fraction of sp³-hybridized carbons (Fsp3) is 0.350. The number of aliphatic carboxylic acids is 1. The van der Waals surface area contributed by atoms with Crippen LogP contribution < -0.4 is 5.32 Å². The van der Waals surface area contributed by atoms with E-state index in [0.29, 0.717) is 19.7 Å². The average molecular weight is 325 g/mol. The van der Waals surface area contributed by atoms with Crippen LogP contribution >= 0.6 is 0 Å². The fourth-order valence-corrected chi connectivity index (χ4v) is 3.22. The summed E-state index contributed by atoms with van der Waals surface area (Å²) in [6.07, 6.45) is 2.14. The molecule has 0 bridgehead atoms. The van der Waals surface area contributed by atoms with Gasteiger partial charge in [-0.2, -0.15) is 0 Å². The van der Waals surface area contributed by atoms with Crippen molar-refractivity contribution in [2.45, 2.75) is 25.4 Å². The maximum atomic E-state index is 10.5. The van der Waals surface area contributed by atoms with Crippen LogP contribution in [0.3, 0.4) is 0 Å². The lowest BCUT2D eigenvalue weighted by Gasteiger charge is -2.21. The average Bonchev–Trinajstić information content (AvgIpc) is 2.75. The van der Waals surface area contributed by atoms with Crippen LogP contribution in [-0.4, -0.2) is 30.8 Å². The highest BCUT2D eigenvalue weighted by molar-refractivity contribution is 5.66. The molecule has 2 aromatic rings. The van der Waals surface area contributed by atoms with Crippen molar-refractivity contribution in [3.8, 4) is 0 Å². The SMILES string of the molecule is O=C(O)CCNCCOC1c2ccccc2CCc2ccccc21. The molecular weight excluding hydrogens is 302 g/mol. The molecular formula is C20H23NO3. The quantitative estimate of drug-likeness (QED) is 0.769. The summed E-state index contributed by atoms with van der Waals surface area (Å²) in [7, 11) is 0. The second-order valence-corrected chi connectivity index (χ2v) is 6.04. The van der Waals surface area contributed by atoms with Gasteiger partial charge in [-0.15, -0.1) is 0 Å². The Labute approximate surface area is 142 Å². The lowest BCUT2D eigenvalue weighted by Crippen LogP contribution is -2.24. The Morgan fingerprint density at radius 3 is 2.17 bits per heavy atom. The van der Waals surface area contributed by atoms with Crippen LogP contribution in [0.15, 0.2) is 48.5 Å². The molecule has 0 saturated carbocycles. The van der Waals surface area contributed by atoms with Crippen LogP contribution in [0.5, 0.6) is 0 Å². The zero-order valence-electron chi connectivity index (χ0n) is 13.7. The molecule has 0 spiro atoms. The van der Waals surface area contributed by atoms with Crippen molar-refractivity contribution < 1.29 is 14.6 Å². The van der Waals surface area contributed by atoms with Gasteiger partial charge in [0.05, 0.1) is 13.0 Å². The van der Waals surface area contributed by atoms with E-state index in [2.05, 4.69) is 53.8 Å². The molecule has 4 heteroatoms. The second kappa shape index (κ2) is 8.08. The summed E-state index contributed by atoms with van der Waals surface area (Å²) in [5.74, 6) is -0.782. The first-order chi connectivity index (χ1) is 11.8. The molecule has 2 aromatic carbocycles. The highest BCUT2D eigenvalue weighted by Gasteiger charge is 2.23. The third-order valence-corrected chi connectivity index (χ3v) is 4.42. The molecule has 3 rings (SSSR count). The van der Waals surface area contributed by atoms with Crippen molar-refractivity contribution in [2.24, 2.45) is 0 Å². The van der Waals surface area contributed by atoms with E-state index in [1.54, 1.807) is 0 Å². The van der Waals surface area contributed by atoms with Crippen molar-refractivity contribution in [3.63, 3.8) is 0 Å². The maximum Gasteiger partial charge on any atom is 0.304 e. The predicted octanol–water partition coefficient (Wildman–Crippen LogP) is 2.96. The van der Waals surface area contributed by atoms with Gasteiger partial charge < -0.3 is 15.2 Å². The number of carboxylic acid groups (broad SMARTS) is 1. The van der Waals surface area contributed by atoms with Crippen LogP contribution in [0.25, 0.3) is 0 Å². The Hall–Kier alpha value is -2.17. The summed E-state index contributed by atoms with van der Waals surface area (Å²) in [4.78, 5) is 10.5. The molecule has 0 fully saturated rings. The molecule has 4 nitrogen and oxygen atoms in total. The zero-order chi connectivity index (χ0) is 16.8. The molecule has 0 heterocycles. The monoisotopic (exact) mass is 325 g/mol. The summed E-state index contributed by atoms with van der Waals surface area (Å²) in [5.41, 5.74) is 5.18. The van der Waals surface area contributed by atoms with E-state index in [0.717, 1.165) is 12.8 Å². The molecule has 0 radical (unpaired) electrons. The van der Waals surface area contributed by atoms with Gasteiger partial charge in [-0.25, -0.2) is 0 Å². The van der Waals surface area contributed by atoms with E-state index in [-0.39, 0.29) is 12.5 Å². The highest BCUT2D eigenvalue weighted by Crippen LogP contribution is 2.34. The van der Waals surface area contributed by atoms with Gasteiger partial charge in [0.15, 0.2) is 0 Å². The van der Waals surface area contributed by atoms with Gasteiger partial charge in [0.25, 0.3) is 0 Å². The normalized spacial score (nSPS) is 13.8. The number of hydrogen-bond donors (Lipinski definition) is 2. The van der Waals surface area contributed by atoms with Crippen molar-refractivity contribution in [1.82, 2.24) is 5.32 Å². The third-order valence-electron chi connectivity index (χ3n) is 4.42. The summed E-state index contributed by atoms with van der Waals surface area (Å²) in [6.45, 7) is 1.66. The Bertz CT molecular complexity index is 651. The van der Waals surface area contributed by atoms with E-state index in [1.165, 1.54) is 22.3 Å². The summed E-state index contributed by atoms with van der Waals surface area (Å²) in [5, 5.41) is 11.8. The lowest BCUT2D eigenvalue weighted by atomic mass is 9.97. The van der Waals surface area contributed by atoms with Crippen molar-refractivity contribution in [2.75, 3.05) is 19.7 Å². The van der Waals surface area contributed by atoms with Crippen molar-refractivity contribution in [3.05, 3.63) is 70.8 Å². The topological polar surface area (TPSA) is 58.6 Å². The van der Waals surface area contributed by atoms with Gasteiger partial charge in [0.2, 0.25) is 0 Å². The number of aryl methyl sites for hydroxylation is 2. The van der Waals surface area contributed by atoms with Crippen LogP contribution in [0, 0.1) is 0 Å². The molecule has 0 aromatic heterocycles. The highest BCUT2D eigenvalue weighted by atomic mass is 16.5. The minimum absolute atomic E-state index is 0.0545. The Morgan fingerprint density at radius 1 is 1.00 bits per heavy atom. The zero-order valence-corrected chi connectivity index (χ0v) is 13.7. The molecule has 0 saturated heterocycles. The number of hydrogen-bond acceptors (Lipinski definition) is 3. The standard InChI is InChI=1S/C20H23NO3/c22-19(23)11-12-21-13-14-24-20-17-7-3-1-5-15(17)9-10-16-6-2-4-8-18(16)20/h1-8,20-21H,9-14H2,(H,22,23). The number of rotatable bonds is 7. The number of carboxylic acids is 1. The van der Waals surface area contributed by atoms with Gasteiger partial charge in [-0.05, 0) is 35.1 Å². The van der Waals surface area contributed by atoms with E-state index in [1.807, 2.05) is 0 Å². The van der Waals surface area contributed by atoms with E-state index in [4.69, 9.17) is 9.84 Å². The minimum atomic E-state index is -0.782. The first kappa shape index (κ1) is 16.7. The first-order valence-electron chi connectivity index (χ1n) is 8.45. The number of fused-ring (bicyclic) bond motifs is 2. The van der Waals surface area contributed by atoms with Crippen LogP contribution in [0.2, 0.25) is 0 Å². The van der Waals surface area contributed by atoms with Crippen molar-refractivity contribution >= 4 is 5.97 Å². The van der Waals surface area contributed by atoms with Crippen LogP contribution in [0.1, 0.15) is 34.8 Å². The van der Waals surface area contributed by atoms with Crippen LogP contribution in [-0.2, 0) is 22.4 Å². The summed E-state index contributed by atoms with van der Waals surface area (Å²) < 4.78 is 6.21. The van der Waals surface area contributed by atoms with Crippen LogP contribution in [0.4, 0.5) is 0 Å². The van der Waals surface area contributed by atoms with Gasteiger partial charge in [-0.1, -0.05) is 48.5 Å². The molecule has 0 unspecified atom stereocenters. The van der Waals surface area contributed by atoms with Gasteiger partial charge in [0.1, 0.15) is 6.10 Å². The second-order valence-electron chi connectivity index (χ2n) is 6.04. The fourth-order valence-electron chi connectivity index (χ4n) is 3.22. The summed E-state index contributed by atoms with van der Waals surface area (Å²) in [6, 6.07) is 17.0. The van der Waals surface area contributed by atoms with E-state index in [9.17, 15) is 4.79 Å². The molecule has 1 aliphatic rings. The number of benzene rings is 2. The number of ether oxygens (including phenoxy) is 1. The number of carbonyl (C=O) groups is 1. The molecule has 2 N–H and O–H groups in total. The molecule has 0 atom stereocenters. The minimum Gasteiger partial charge on any atom is -0.481 e. The number of nitrogens with one attached hydrogen (secondary N) is 1. The van der Waals surface area contributed by atoms with E-state index >= 15 is 0 Å². The van der Waals surface area contributed by atoms with Gasteiger partial charge in [0, 0.05) is 13.1 Å². The molecule has 126 valence electrons. The molecule has 0 amide bonds. The smallest absolute Gasteiger partial charge is 0.304 e. The van der Waals surface area contributed by atoms with Gasteiger partial charge >= 0.3 is 5.97 Å². The van der Waals surface area contributed by atoms with E-state index < -0.39 is 5.97 Å². The maximum absolute atomic E-state index is 10.5. The Kier molecular flexibility index (Phi) is 5.62. The first-order valence-corrected chi connectivity index (χ1v) is 8.45. The lowest BCUT2D eigenvalue weighted by molar-refractivity contribution is -0.136. The van der Waals surface area contributed by atoms with Crippen molar-refractivity contribution in [1.29, 1.82) is 0 Å². The largest absolute Gasteiger partial charge is 0.481 e. The van der Waals surface area contributed by atoms with Gasteiger partial charge in [-0.3, -0.25) is 4.79 Å². The Morgan fingerprint density at radius 2 is 1.58 bits per heavy atom. The third kappa shape index (κ3) is 4.02. The summed E-state index contributed by atoms with van der Waals surface area (Å²) >= 11 is 0. The molecule has 24 heavy (non-hydrogen) atoms. The predicted molar refractivity (Wildman–Crippen MR) is 93.2 cm³/mol. The Balaban J connectivity index is 1.70.